The second-order valence-corrected chi connectivity index (χ2v) is 18.8. The number of carbonyl (C=O) groups is 6. The SMILES string of the molecule is COC(=O)C(CC#Cc1ccc2c(c1)[C@]1(C(=O)N2C(=O)N[C@H](C)c2ccccc2)[C@H](C(=O)N2CCN(c3ncccn3)CC2)[C@H]2C(=O)O[C@H](c3ccccc3)[C@H](c3ccccc3)N2[C@@H]1c1ccc(O)cc1)C(=O)OC. The Bertz CT molecular complexity index is 3170. The van der Waals surface area contributed by atoms with E-state index in [0.717, 1.165) is 30.2 Å². The molecule has 10 rings (SSSR count). The van der Waals surface area contributed by atoms with Crippen molar-refractivity contribution < 1.29 is 48.1 Å². The Morgan fingerprint density at radius 2 is 1.37 bits per heavy atom. The van der Waals surface area contributed by atoms with Crippen molar-refractivity contribution in [2.24, 2.45) is 11.8 Å². The summed E-state index contributed by atoms with van der Waals surface area (Å²) in [6.07, 6.45) is 2.03. The van der Waals surface area contributed by atoms with Crippen LogP contribution in [0.5, 0.6) is 5.75 Å². The van der Waals surface area contributed by atoms with Gasteiger partial charge in [-0.1, -0.05) is 115 Å². The number of urea groups is 1. The van der Waals surface area contributed by atoms with Gasteiger partial charge in [-0.15, -0.1) is 0 Å². The Balaban J connectivity index is 1.22. The number of imide groups is 1. The number of esters is 3. The summed E-state index contributed by atoms with van der Waals surface area (Å²) in [5.74, 6) is -0.277. The molecule has 0 saturated carbocycles. The maximum atomic E-state index is 16.8. The quantitative estimate of drug-likeness (QED) is 0.0664. The molecule has 2 N–H and O–H groups in total. The average molecular weight is 1010 g/mol. The third-order valence-electron chi connectivity index (χ3n) is 14.7. The number of aromatic hydroxyl groups is 1. The van der Waals surface area contributed by atoms with Gasteiger partial charge in [0, 0.05) is 50.6 Å². The molecule has 17 nitrogen and oxygen atoms in total. The van der Waals surface area contributed by atoms with Crippen molar-refractivity contribution in [3.63, 3.8) is 0 Å². The molecule has 6 aromatic rings. The number of anilines is 2. The minimum Gasteiger partial charge on any atom is -0.508 e. The van der Waals surface area contributed by atoms with Crippen LogP contribution >= 0.6 is 0 Å². The first-order chi connectivity index (χ1) is 36.5. The summed E-state index contributed by atoms with van der Waals surface area (Å²) in [6, 6.07) is 35.9. The Morgan fingerprint density at radius 1 is 0.760 bits per heavy atom. The Labute approximate surface area is 433 Å². The van der Waals surface area contributed by atoms with E-state index in [1.165, 1.54) is 12.1 Å². The lowest BCUT2D eigenvalue weighted by atomic mass is 9.64. The van der Waals surface area contributed by atoms with Gasteiger partial charge in [-0.25, -0.2) is 19.7 Å². The van der Waals surface area contributed by atoms with Gasteiger partial charge >= 0.3 is 23.9 Å². The predicted octanol–water partition coefficient (Wildman–Crippen LogP) is 6.37. The molecule has 4 aliphatic rings. The Hall–Kier alpha value is -8.88. The van der Waals surface area contributed by atoms with E-state index in [4.69, 9.17) is 14.2 Å². The van der Waals surface area contributed by atoms with E-state index in [1.807, 2.05) is 101 Å². The molecule has 1 spiro atoms. The average Bonchev–Trinajstić information content (AvgIpc) is 3.95. The van der Waals surface area contributed by atoms with Crippen molar-refractivity contribution in [3.8, 4) is 17.6 Å². The Morgan fingerprint density at radius 3 is 2.00 bits per heavy atom. The number of amides is 4. The van der Waals surface area contributed by atoms with Crippen molar-refractivity contribution >= 4 is 47.4 Å². The molecule has 4 aliphatic heterocycles. The summed E-state index contributed by atoms with van der Waals surface area (Å²) < 4.78 is 16.4. The number of piperazine rings is 1. The van der Waals surface area contributed by atoms with E-state index in [-0.39, 0.29) is 36.5 Å². The van der Waals surface area contributed by atoms with Crippen LogP contribution in [0.1, 0.15) is 71.0 Å². The molecule has 7 atom stereocenters. The maximum Gasteiger partial charge on any atom is 0.329 e. The molecule has 0 bridgehead atoms. The number of fused-ring (bicyclic) bond motifs is 3. The molecule has 380 valence electrons. The minimum atomic E-state index is -2.11. The van der Waals surface area contributed by atoms with Crippen LogP contribution in [-0.4, -0.2) is 107 Å². The molecule has 5 heterocycles. The van der Waals surface area contributed by atoms with E-state index in [2.05, 4.69) is 27.1 Å². The van der Waals surface area contributed by atoms with Gasteiger partial charge in [0.15, 0.2) is 5.92 Å². The molecule has 3 fully saturated rings. The highest BCUT2D eigenvalue weighted by Crippen LogP contribution is 2.66. The highest BCUT2D eigenvalue weighted by molar-refractivity contribution is 6.24. The first-order valence-corrected chi connectivity index (χ1v) is 24.6. The van der Waals surface area contributed by atoms with Gasteiger partial charge in [0.05, 0.1) is 44.0 Å². The smallest absolute Gasteiger partial charge is 0.329 e. The number of carbonyl (C=O) groups excluding carboxylic acids is 6. The number of nitrogens with one attached hydrogen (secondary N) is 1. The van der Waals surface area contributed by atoms with E-state index in [0.29, 0.717) is 35.7 Å². The van der Waals surface area contributed by atoms with Gasteiger partial charge in [0.2, 0.25) is 17.8 Å². The molecule has 75 heavy (non-hydrogen) atoms. The summed E-state index contributed by atoms with van der Waals surface area (Å²) in [7, 11) is 2.31. The summed E-state index contributed by atoms with van der Waals surface area (Å²) in [4.78, 5) is 105. The number of nitrogens with zero attached hydrogens (tertiary/aromatic N) is 6. The topological polar surface area (TPSA) is 201 Å². The van der Waals surface area contributed by atoms with Crippen molar-refractivity contribution in [2.45, 2.75) is 49.0 Å². The molecule has 0 radical (unpaired) electrons. The summed E-state index contributed by atoms with van der Waals surface area (Å²) in [5, 5.41) is 13.9. The zero-order valence-electron chi connectivity index (χ0n) is 41.3. The number of hydrogen-bond acceptors (Lipinski definition) is 14. The van der Waals surface area contributed by atoms with E-state index in [9.17, 15) is 14.7 Å². The number of ether oxygens (including phenoxy) is 3. The molecule has 5 aromatic carbocycles. The van der Waals surface area contributed by atoms with Crippen LogP contribution < -0.4 is 15.1 Å². The highest BCUT2D eigenvalue weighted by atomic mass is 16.6. The number of benzene rings is 5. The number of morpholine rings is 1. The highest BCUT2D eigenvalue weighted by Gasteiger charge is 2.76. The summed E-state index contributed by atoms with van der Waals surface area (Å²) in [5.41, 5.74) is 1.15. The third kappa shape index (κ3) is 8.96. The molecule has 4 amide bonds. The third-order valence-corrected chi connectivity index (χ3v) is 14.7. The fraction of sp³-hybridized carbons (Fsp3) is 0.276. The van der Waals surface area contributed by atoms with E-state index in [1.54, 1.807) is 60.6 Å². The first-order valence-electron chi connectivity index (χ1n) is 24.6. The van der Waals surface area contributed by atoms with Gasteiger partial charge in [-0.3, -0.25) is 28.9 Å². The van der Waals surface area contributed by atoms with Crippen LogP contribution in [0.4, 0.5) is 16.4 Å². The molecular weight excluding hydrogens is 955 g/mol. The van der Waals surface area contributed by atoms with Gasteiger partial charge in [0.25, 0.3) is 0 Å². The van der Waals surface area contributed by atoms with Crippen LogP contribution in [0.25, 0.3) is 0 Å². The second-order valence-electron chi connectivity index (χ2n) is 18.8. The van der Waals surface area contributed by atoms with Crippen molar-refractivity contribution in [1.82, 2.24) is 25.1 Å². The van der Waals surface area contributed by atoms with Gasteiger partial charge in [-0.2, -0.15) is 0 Å². The van der Waals surface area contributed by atoms with E-state index < -0.39 is 83.3 Å². The van der Waals surface area contributed by atoms with Crippen LogP contribution in [0.2, 0.25) is 0 Å². The zero-order chi connectivity index (χ0) is 52.4. The van der Waals surface area contributed by atoms with E-state index >= 15 is 19.2 Å². The summed E-state index contributed by atoms with van der Waals surface area (Å²) in [6.45, 7) is 2.78. The molecule has 1 aromatic heterocycles. The fourth-order valence-electron chi connectivity index (χ4n) is 11.3. The first kappa shape index (κ1) is 49.7. The molecule has 0 unspecified atom stereocenters. The van der Waals surface area contributed by atoms with Crippen molar-refractivity contribution in [2.75, 3.05) is 50.2 Å². The number of hydrogen-bond donors (Lipinski definition) is 2. The molecular formula is C58H53N7O10. The van der Waals surface area contributed by atoms with Crippen LogP contribution in [-0.2, 0) is 43.6 Å². The number of rotatable bonds is 10. The van der Waals surface area contributed by atoms with Gasteiger partial charge in [0.1, 0.15) is 23.3 Å². The number of aromatic nitrogens is 2. The second kappa shape index (κ2) is 20.9. The fourth-order valence-corrected chi connectivity index (χ4v) is 11.3. The van der Waals surface area contributed by atoms with Crippen LogP contribution in [0.3, 0.4) is 0 Å². The van der Waals surface area contributed by atoms with Gasteiger partial charge < -0.3 is 34.4 Å². The van der Waals surface area contributed by atoms with Crippen LogP contribution in [0.15, 0.2) is 152 Å². The lowest BCUT2D eigenvalue weighted by molar-refractivity contribution is -0.179. The molecule has 17 heteroatoms. The monoisotopic (exact) mass is 1010 g/mol. The Kier molecular flexibility index (Phi) is 13.9. The molecule has 3 saturated heterocycles. The number of phenols is 1. The zero-order valence-corrected chi connectivity index (χ0v) is 41.3. The predicted molar refractivity (Wildman–Crippen MR) is 273 cm³/mol. The van der Waals surface area contributed by atoms with Gasteiger partial charge in [-0.05, 0) is 71.1 Å². The number of cyclic esters (lactones) is 1. The van der Waals surface area contributed by atoms with Crippen LogP contribution in [0, 0.1) is 23.7 Å². The number of phenolic OH excluding ortho intramolecular Hbond substituents is 1. The normalized spacial score (nSPS) is 22.3. The van der Waals surface area contributed by atoms with Crippen molar-refractivity contribution in [1.29, 1.82) is 0 Å². The largest absolute Gasteiger partial charge is 0.508 e. The number of methoxy groups -OCH3 is 2. The minimum absolute atomic E-state index is 0.0705. The summed E-state index contributed by atoms with van der Waals surface area (Å²) >= 11 is 0. The standard InChI is InChI=1S/C58H53N7O10/c1-36(38-16-7-4-8-17-38)61-57(72)64-45-28-23-37(15-13-22-43(52(68)73-2)53(69)74-3)35-44(45)58(55(64)71)46(51(67)62-31-33-63(34-32-62)56-59-29-14-30-60-56)48-54(70)75-49(40-20-11-6-12-21-40)47(39-18-9-5-10-19-39)65(48)50(58)41-24-26-42(66)27-25-41/h4-12,14,16-21,23-30,35-36,43,46-50,66H,22,31-34H2,1-3H3,(H,61,72)/t36-,46+,47+,48+,49-,50-,58+/m1/s1. The molecule has 0 aliphatic carbocycles. The lowest BCUT2D eigenvalue weighted by Gasteiger charge is -2.46. The lowest BCUT2D eigenvalue weighted by Crippen LogP contribution is -2.59. The van der Waals surface area contributed by atoms with Crippen molar-refractivity contribution in [3.05, 3.63) is 185 Å². The maximum absolute atomic E-state index is 16.8.